The molecule has 94 valence electrons. The Bertz CT molecular complexity index is 575. The van der Waals surface area contributed by atoms with Crippen LogP contribution in [0.2, 0.25) is 0 Å². The lowest BCUT2D eigenvalue weighted by molar-refractivity contribution is -0.384. The van der Waals surface area contributed by atoms with Gasteiger partial charge in [0.25, 0.3) is 5.69 Å². The first-order valence-electron chi connectivity index (χ1n) is 4.75. The Morgan fingerprint density at radius 2 is 1.83 bits per heavy atom. The lowest BCUT2D eigenvalue weighted by Crippen LogP contribution is -2.13. The lowest BCUT2D eigenvalue weighted by Gasteiger charge is -2.09. The van der Waals surface area contributed by atoms with Gasteiger partial charge in [0.15, 0.2) is 0 Å². The van der Waals surface area contributed by atoms with Crippen LogP contribution in [0.25, 0.3) is 5.69 Å². The number of benzene rings is 1. The first-order valence-corrected chi connectivity index (χ1v) is 4.75. The van der Waals surface area contributed by atoms with Crippen LogP contribution >= 0.6 is 0 Å². The summed E-state index contributed by atoms with van der Waals surface area (Å²) >= 11 is 0. The Kier molecular flexibility index (Phi) is 2.77. The number of alkyl halides is 3. The highest BCUT2D eigenvalue weighted by atomic mass is 19.4. The number of rotatable bonds is 2. The minimum Gasteiger partial charge on any atom is -0.296 e. The average Bonchev–Trinajstić information content (AvgIpc) is 2.77. The van der Waals surface area contributed by atoms with Crippen molar-refractivity contribution in [1.29, 1.82) is 0 Å². The van der Waals surface area contributed by atoms with Gasteiger partial charge in [-0.1, -0.05) is 0 Å². The van der Waals surface area contributed by atoms with E-state index in [2.05, 4.69) is 4.98 Å². The third-order valence-corrected chi connectivity index (χ3v) is 2.23. The Morgan fingerprint density at radius 1 is 1.22 bits per heavy atom. The zero-order valence-corrected chi connectivity index (χ0v) is 8.76. The van der Waals surface area contributed by atoms with Crippen LogP contribution < -0.4 is 0 Å². The molecule has 0 amide bonds. The number of non-ortho nitro benzene ring substituents is 1. The summed E-state index contributed by atoms with van der Waals surface area (Å²) in [7, 11) is 0. The van der Waals surface area contributed by atoms with Crippen molar-refractivity contribution >= 4 is 5.69 Å². The number of aromatic nitrogens is 2. The molecule has 8 heteroatoms. The van der Waals surface area contributed by atoms with Gasteiger partial charge in [0, 0.05) is 30.2 Å². The first kappa shape index (κ1) is 12.1. The van der Waals surface area contributed by atoms with E-state index in [0.29, 0.717) is 0 Å². The Morgan fingerprint density at radius 3 is 2.33 bits per heavy atom. The van der Waals surface area contributed by atoms with E-state index in [4.69, 9.17) is 0 Å². The van der Waals surface area contributed by atoms with E-state index >= 15 is 0 Å². The van der Waals surface area contributed by atoms with Crippen molar-refractivity contribution < 1.29 is 18.1 Å². The standard InChI is InChI=1S/C10H6F3N3O2/c11-10(12,13)9-14-5-6-15(9)7-1-3-8(4-2-7)16(17)18/h1-6H. The minimum absolute atomic E-state index is 0.158. The highest BCUT2D eigenvalue weighted by Crippen LogP contribution is 2.29. The zero-order valence-electron chi connectivity index (χ0n) is 8.76. The van der Waals surface area contributed by atoms with Gasteiger partial charge in [-0.15, -0.1) is 0 Å². The van der Waals surface area contributed by atoms with Crippen molar-refractivity contribution in [3.8, 4) is 5.69 Å². The molecule has 0 atom stereocenters. The van der Waals surface area contributed by atoms with Gasteiger partial charge in [0.2, 0.25) is 5.82 Å². The molecule has 2 rings (SSSR count). The Hall–Kier alpha value is -2.38. The van der Waals surface area contributed by atoms with E-state index in [-0.39, 0.29) is 11.4 Å². The van der Waals surface area contributed by atoms with Crippen molar-refractivity contribution in [2.45, 2.75) is 6.18 Å². The van der Waals surface area contributed by atoms with Crippen molar-refractivity contribution in [3.05, 3.63) is 52.6 Å². The highest BCUT2D eigenvalue weighted by Gasteiger charge is 2.36. The van der Waals surface area contributed by atoms with Crippen LogP contribution in [0.15, 0.2) is 36.7 Å². The van der Waals surface area contributed by atoms with Crippen LogP contribution in [-0.4, -0.2) is 14.5 Å². The van der Waals surface area contributed by atoms with E-state index < -0.39 is 16.9 Å². The number of nitro groups is 1. The van der Waals surface area contributed by atoms with Crippen LogP contribution in [0, 0.1) is 10.1 Å². The van der Waals surface area contributed by atoms with Crippen LogP contribution in [-0.2, 0) is 6.18 Å². The summed E-state index contributed by atoms with van der Waals surface area (Å²) in [6, 6.07) is 4.73. The molecule has 0 saturated heterocycles. The van der Waals surface area contributed by atoms with Gasteiger partial charge < -0.3 is 0 Å². The van der Waals surface area contributed by atoms with Gasteiger partial charge in [0.05, 0.1) is 4.92 Å². The number of hydrogen-bond donors (Lipinski definition) is 0. The smallest absolute Gasteiger partial charge is 0.296 e. The third kappa shape index (κ3) is 2.17. The Labute approximate surface area is 98.6 Å². The third-order valence-electron chi connectivity index (χ3n) is 2.23. The molecule has 0 fully saturated rings. The summed E-state index contributed by atoms with van der Waals surface area (Å²) < 4.78 is 38.6. The molecule has 0 radical (unpaired) electrons. The van der Waals surface area contributed by atoms with Crippen molar-refractivity contribution in [2.75, 3.05) is 0 Å². The fraction of sp³-hybridized carbons (Fsp3) is 0.100. The lowest BCUT2D eigenvalue weighted by atomic mass is 10.3. The van der Waals surface area contributed by atoms with Crippen molar-refractivity contribution in [3.63, 3.8) is 0 Å². The molecule has 0 N–H and O–H groups in total. The quantitative estimate of drug-likeness (QED) is 0.613. The molecule has 0 aliphatic heterocycles. The second-order valence-corrected chi connectivity index (χ2v) is 3.39. The second-order valence-electron chi connectivity index (χ2n) is 3.39. The van der Waals surface area contributed by atoms with Crippen LogP contribution in [0.1, 0.15) is 5.82 Å². The Balaban J connectivity index is 2.44. The minimum atomic E-state index is -4.58. The average molecular weight is 257 g/mol. The number of nitro benzene ring substituents is 1. The van der Waals surface area contributed by atoms with Crippen LogP contribution in [0.3, 0.4) is 0 Å². The van der Waals surface area contributed by atoms with Gasteiger partial charge in [-0.3, -0.25) is 14.7 Å². The number of halogens is 3. The second kappa shape index (κ2) is 4.13. The van der Waals surface area contributed by atoms with E-state index in [1.807, 2.05) is 0 Å². The van der Waals surface area contributed by atoms with Crippen molar-refractivity contribution in [1.82, 2.24) is 9.55 Å². The summed E-state index contributed by atoms with van der Waals surface area (Å²) in [6.07, 6.45) is -2.42. The molecular weight excluding hydrogens is 251 g/mol. The molecule has 0 spiro atoms. The molecule has 1 heterocycles. The SMILES string of the molecule is O=[N+]([O-])c1ccc(-n2ccnc2C(F)(F)F)cc1. The predicted molar refractivity (Wildman–Crippen MR) is 55.2 cm³/mol. The van der Waals surface area contributed by atoms with Crippen LogP contribution in [0.4, 0.5) is 18.9 Å². The highest BCUT2D eigenvalue weighted by molar-refractivity contribution is 5.41. The van der Waals surface area contributed by atoms with E-state index in [9.17, 15) is 23.3 Å². The van der Waals surface area contributed by atoms with Gasteiger partial charge in [-0.2, -0.15) is 13.2 Å². The molecule has 0 unspecified atom stereocenters. The number of hydrogen-bond acceptors (Lipinski definition) is 3. The maximum absolute atomic E-state index is 12.6. The molecule has 0 aliphatic rings. The molecule has 2 aromatic rings. The summed E-state index contributed by atoms with van der Waals surface area (Å²) in [5.41, 5.74) is -0.0298. The monoisotopic (exact) mass is 257 g/mol. The summed E-state index contributed by atoms with van der Waals surface area (Å²) in [4.78, 5) is 13.0. The summed E-state index contributed by atoms with van der Waals surface area (Å²) in [6.45, 7) is 0. The molecule has 5 nitrogen and oxygen atoms in total. The van der Waals surface area contributed by atoms with E-state index in [1.165, 1.54) is 12.1 Å². The first-order chi connectivity index (χ1) is 8.39. The molecule has 18 heavy (non-hydrogen) atoms. The molecule has 0 aliphatic carbocycles. The molecular formula is C10H6F3N3O2. The molecule has 1 aromatic carbocycles. The van der Waals surface area contributed by atoms with Crippen molar-refractivity contribution in [2.24, 2.45) is 0 Å². The fourth-order valence-corrected chi connectivity index (χ4v) is 1.46. The molecule has 1 aromatic heterocycles. The zero-order chi connectivity index (χ0) is 13.3. The van der Waals surface area contributed by atoms with Crippen LogP contribution in [0.5, 0.6) is 0 Å². The van der Waals surface area contributed by atoms with E-state index in [0.717, 1.165) is 29.1 Å². The fourth-order valence-electron chi connectivity index (χ4n) is 1.46. The topological polar surface area (TPSA) is 61.0 Å². The predicted octanol–water partition coefficient (Wildman–Crippen LogP) is 2.80. The van der Waals surface area contributed by atoms with Gasteiger partial charge in [-0.25, -0.2) is 4.98 Å². The maximum atomic E-state index is 12.6. The number of imidazole rings is 1. The van der Waals surface area contributed by atoms with E-state index in [1.54, 1.807) is 0 Å². The molecule has 0 saturated carbocycles. The normalized spacial score (nSPS) is 11.5. The maximum Gasteiger partial charge on any atom is 0.450 e. The summed E-state index contributed by atoms with van der Waals surface area (Å²) in [5.74, 6) is -1.07. The van der Waals surface area contributed by atoms with Gasteiger partial charge >= 0.3 is 6.18 Å². The van der Waals surface area contributed by atoms with Gasteiger partial charge in [-0.05, 0) is 12.1 Å². The largest absolute Gasteiger partial charge is 0.450 e. The molecule has 0 bridgehead atoms. The summed E-state index contributed by atoms with van der Waals surface area (Å²) in [5, 5.41) is 10.4. The number of nitrogens with zero attached hydrogens (tertiary/aromatic N) is 3. The van der Waals surface area contributed by atoms with Gasteiger partial charge in [0.1, 0.15) is 0 Å².